The van der Waals surface area contributed by atoms with Crippen LogP contribution in [0.5, 0.6) is 5.75 Å². The molecule has 0 spiro atoms. The Bertz CT molecular complexity index is 563. The van der Waals surface area contributed by atoms with Crippen LogP contribution in [0.25, 0.3) is 0 Å². The number of hydrogen-bond acceptors (Lipinski definition) is 1. The summed E-state index contributed by atoms with van der Waals surface area (Å²) in [5.41, 5.74) is -3.13. The van der Waals surface area contributed by atoms with E-state index < -0.39 is 55.1 Å². The van der Waals surface area contributed by atoms with Gasteiger partial charge in [-0.25, -0.2) is 0 Å². The molecule has 1 aromatic carbocycles. The SMILES string of the molecule is [2H]c1c(O)c(C([2H])([2H])[2H])c(C([2H])([2H])[2H])c([2H])c1C([2H])([2H])[2H]. The molecule has 1 N–H and O–H groups in total. The smallest absolute Gasteiger partial charge is 0.119 e. The topological polar surface area (TPSA) is 20.2 Å². The molecule has 0 aromatic heterocycles. The zero-order chi connectivity index (χ0) is 17.0. The van der Waals surface area contributed by atoms with Gasteiger partial charge in [-0.1, -0.05) is 6.04 Å². The van der Waals surface area contributed by atoms with Crippen molar-refractivity contribution in [3.8, 4) is 5.75 Å². The van der Waals surface area contributed by atoms with E-state index in [0.717, 1.165) is 0 Å². The molecule has 0 heterocycles. The lowest BCUT2D eigenvalue weighted by Crippen LogP contribution is -1.82. The molecule has 0 bridgehead atoms. The van der Waals surface area contributed by atoms with Gasteiger partial charge in [-0.2, -0.15) is 0 Å². The minimum absolute atomic E-state index is 0.987. The van der Waals surface area contributed by atoms with Gasteiger partial charge in [0.25, 0.3) is 0 Å². The van der Waals surface area contributed by atoms with E-state index in [9.17, 15) is 5.11 Å². The molecule has 1 aromatic rings. The third-order valence-corrected chi connectivity index (χ3v) is 0.980. The van der Waals surface area contributed by atoms with Crippen molar-refractivity contribution < 1.29 is 20.2 Å². The molecule has 1 nitrogen and oxygen atoms in total. The van der Waals surface area contributed by atoms with E-state index in [0.29, 0.717) is 0 Å². The predicted octanol–water partition coefficient (Wildman–Crippen LogP) is 2.32. The van der Waals surface area contributed by atoms with Gasteiger partial charge in [0.1, 0.15) is 5.75 Å². The lowest BCUT2D eigenvalue weighted by molar-refractivity contribution is 0.470. The van der Waals surface area contributed by atoms with Crippen LogP contribution in [0, 0.1) is 20.6 Å². The first kappa shape index (κ1) is 1.45. The van der Waals surface area contributed by atoms with Crippen molar-refractivity contribution in [2.24, 2.45) is 0 Å². The van der Waals surface area contributed by atoms with Crippen molar-refractivity contribution in [3.05, 3.63) is 28.8 Å². The number of aromatic hydroxyl groups is 1. The Labute approximate surface area is 76.8 Å². The highest BCUT2D eigenvalue weighted by Crippen LogP contribution is 2.20. The van der Waals surface area contributed by atoms with Crippen LogP contribution in [-0.4, -0.2) is 5.11 Å². The van der Waals surface area contributed by atoms with Crippen molar-refractivity contribution in [2.45, 2.75) is 20.6 Å². The lowest BCUT2D eigenvalue weighted by atomic mass is 10.1. The number of benzene rings is 1. The Kier molecular flexibility index (Phi) is 0.337. The molecule has 0 aliphatic carbocycles. The normalized spacial score (nSPS) is 29.8. The Morgan fingerprint density at radius 2 is 2.30 bits per heavy atom. The van der Waals surface area contributed by atoms with Gasteiger partial charge in [0.05, 0.1) is 2.74 Å². The van der Waals surface area contributed by atoms with Crippen LogP contribution in [0.2, 0.25) is 0 Å². The van der Waals surface area contributed by atoms with E-state index >= 15 is 0 Å². The largest absolute Gasteiger partial charge is 0.508 e. The van der Waals surface area contributed by atoms with Gasteiger partial charge in [0.2, 0.25) is 0 Å². The Hall–Kier alpha value is -0.980. The number of phenolic OH excluding ortho intramolecular Hbond substituents is 1. The Balaban J connectivity index is 4.05. The summed E-state index contributed by atoms with van der Waals surface area (Å²) in [6.07, 6.45) is 0. The fraction of sp³-hybridized carbons (Fsp3) is 0.333. The van der Waals surface area contributed by atoms with Crippen LogP contribution in [0.1, 0.15) is 31.8 Å². The standard InChI is InChI=1S/C9H12O/c1-6-4-7(2)8(3)9(10)5-6/h4-5,10H,1-3H3/i1D3,2D3,3D3,4D,5D. The quantitative estimate of drug-likeness (QED) is 0.597. The highest BCUT2D eigenvalue weighted by atomic mass is 16.3. The van der Waals surface area contributed by atoms with E-state index in [4.69, 9.17) is 15.1 Å². The molecule has 0 aliphatic heterocycles. The summed E-state index contributed by atoms with van der Waals surface area (Å²) in [5, 5.41) is 9.82. The highest BCUT2D eigenvalue weighted by Gasteiger charge is 1.98. The first-order valence-corrected chi connectivity index (χ1v) is 2.47. The van der Waals surface area contributed by atoms with Gasteiger partial charge in [-0.05, 0) is 43.3 Å². The van der Waals surface area contributed by atoms with Gasteiger partial charge < -0.3 is 5.11 Å². The number of rotatable bonds is 0. The molecule has 0 fully saturated rings. The van der Waals surface area contributed by atoms with Crippen molar-refractivity contribution in [3.63, 3.8) is 0 Å². The zero-order valence-corrected chi connectivity index (χ0v) is 4.95. The molecule has 0 saturated heterocycles. The summed E-state index contributed by atoms with van der Waals surface area (Å²) >= 11 is 0. The molecule has 0 unspecified atom stereocenters. The van der Waals surface area contributed by atoms with E-state index in [-0.39, 0.29) is 0 Å². The van der Waals surface area contributed by atoms with Gasteiger partial charge in [0.15, 0.2) is 0 Å². The molecule has 0 atom stereocenters. The van der Waals surface area contributed by atoms with Crippen LogP contribution in [0.15, 0.2) is 12.1 Å². The van der Waals surface area contributed by atoms with E-state index in [1.165, 1.54) is 0 Å². The molecule has 0 amide bonds. The van der Waals surface area contributed by atoms with Crippen molar-refractivity contribution >= 4 is 0 Å². The van der Waals surface area contributed by atoms with Gasteiger partial charge in [0, 0.05) is 12.3 Å². The predicted molar refractivity (Wildman–Crippen MR) is 42.3 cm³/mol. The van der Waals surface area contributed by atoms with Crippen LogP contribution in [0.3, 0.4) is 0 Å². The van der Waals surface area contributed by atoms with E-state index in [2.05, 4.69) is 0 Å². The molecule has 0 aliphatic rings. The molecule has 0 saturated carbocycles. The molecule has 1 heteroatoms. The third-order valence-electron chi connectivity index (χ3n) is 0.980. The fourth-order valence-corrected chi connectivity index (χ4v) is 0.518. The summed E-state index contributed by atoms with van der Waals surface area (Å²) in [5.74, 6) is -1.25. The van der Waals surface area contributed by atoms with Crippen molar-refractivity contribution in [2.75, 3.05) is 0 Å². The first-order chi connectivity index (χ1) is 9.10. The average molecular weight is 147 g/mol. The summed E-state index contributed by atoms with van der Waals surface area (Å²) in [4.78, 5) is 0. The second kappa shape index (κ2) is 2.33. The minimum atomic E-state index is -3.12. The summed E-state index contributed by atoms with van der Waals surface area (Å²) < 4.78 is 80.7. The maximum atomic E-state index is 9.82. The van der Waals surface area contributed by atoms with Crippen LogP contribution < -0.4 is 0 Å². The third kappa shape index (κ3) is 1.13. The monoisotopic (exact) mass is 147 g/mol. The summed E-state index contributed by atoms with van der Waals surface area (Å²) in [7, 11) is 0. The molecule has 10 heavy (non-hydrogen) atoms. The van der Waals surface area contributed by atoms with E-state index in [1.54, 1.807) is 0 Å². The van der Waals surface area contributed by atoms with Gasteiger partial charge in [-0.15, -0.1) is 0 Å². The number of hydrogen-bond donors (Lipinski definition) is 1. The minimum Gasteiger partial charge on any atom is -0.508 e. The Morgan fingerprint density at radius 3 is 2.90 bits per heavy atom. The van der Waals surface area contributed by atoms with Crippen LogP contribution in [0.4, 0.5) is 0 Å². The first-order valence-electron chi connectivity index (χ1n) is 7.97. The van der Waals surface area contributed by atoms with E-state index in [1.807, 2.05) is 0 Å². The maximum Gasteiger partial charge on any atom is 0.119 e. The Morgan fingerprint density at radius 1 is 1.40 bits per heavy atom. The van der Waals surface area contributed by atoms with Crippen LogP contribution in [-0.2, 0) is 0 Å². The summed E-state index contributed by atoms with van der Waals surface area (Å²) in [6, 6.07) is -2.15. The zero-order valence-electron chi connectivity index (χ0n) is 15.9. The molecule has 1 rings (SSSR count). The maximum absolute atomic E-state index is 9.82. The van der Waals surface area contributed by atoms with Crippen molar-refractivity contribution in [1.82, 2.24) is 0 Å². The molecule has 54 valence electrons. The average Bonchev–Trinajstić information content (AvgIpc) is 2.17. The van der Waals surface area contributed by atoms with Gasteiger partial charge in [-0.3, -0.25) is 0 Å². The lowest BCUT2D eigenvalue weighted by Gasteiger charge is -2.03. The second-order valence-electron chi connectivity index (χ2n) is 1.72. The molecular weight excluding hydrogens is 124 g/mol. The number of phenols is 1. The van der Waals surface area contributed by atoms with Crippen LogP contribution >= 0.6 is 0 Å². The molecular formula is C9H12O. The van der Waals surface area contributed by atoms with Gasteiger partial charge >= 0.3 is 0 Å². The fourth-order valence-electron chi connectivity index (χ4n) is 0.518. The summed E-state index contributed by atoms with van der Waals surface area (Å²) in [6.45, 7) is -9.25. The van der Waals surface area contributed by atoms with Crippen molar-refractivity contribution in [1.29, 1.82) is 0 Å². The molecule has 0 radical (unpaired) electrons. The second-order valence-corrected chi connectivity index (χ2v) is 1.72. The highest BCUT2D eigenvalue weighted by molar-refractivity contribution is 5.40.